The van der Waals surface area contributed by atoms with E-state index in [0.717, 1.165) is 37.1 Å². The molecule has 0 spiro atoms. The summed E-state index contributed by atoms with van der Waals surface area (Å²) in [4.78, 5) is 0.201. The van der Waals surface area contributed by atoms with Crippen LogP contribution in [0.2, 0.25) is 0 Å². The van der Waals surface area contributed by atoms with Gasteiger partial charge >= 0.3 is 0 Å². The van der Waals surface area contributed by atoms with Gasteiger partial charge in [0.2, 0.25) is 0 Å². The zero-order valence-electron chi connectivity index (χ0n) is 16.4. The third-order valence-electron chi connectivity index (χ3n) is 4.70. The number of hydrogen-bond donors (Lipinski definition) is 0. The molecule has 148 valence electrons. The molecule has 0 radical (unpaired) electrons. The van der Waals surface area contributed by atoms with Gasteiger partial charge in [-0.2, -0.15) is 8.42 Å². The lowest BCUT2D eigenvalue weighted by atomic mass is 9.87. The van der Waals surface area contributed by atoms with Gasteiger partial charge < -0.3 is 0 Å². The Hall–Kier alpha value is -1.26. The second kappa shape index (κ2) is 10.3. The van der Waals surface area contributed by atoms with Gasteiger partial charge in [0, 0.05) is 13.1 Å². The van der Waals surface area contributed by atoms with Crippen molar-refractivity contribution in [3.63, 3.8) is 0 Å². The summed E-state index contributed by atoms with van der Waals surface area (Å²) in [6, 6.07) is 14.7. The van der Waals surface area contributed by atoms with Crippen LogP contribution in [0.15, 0.2) is 53.4 Å². The van der Waals surface area contributed by atoms with Crippen molar-refractivity contribution in [2.75, 3.05) is 13.1 Å². The van der Waals surface area contributed by atoms with Gasteiger partial charge in [0.1, 0.15) is 0 Å². The molecule has 1 aliphatic heterocycles. The van der Waals surface area contributed by atoms with E-state index in [9.17, 15) is 8.42 Å². The third-order valence-corrected chi connectivity index (χ3v) is 6.50. The average molecular weight is 408 g/mol. The molecule has 6 heteroatoms. The summed E-state index contributed by atoms with van der Waals surface area (Å²) in [6.45, 7) is 8.07. The Labute approximate surface area is 166 Å². The van der Waals surface area contributed by atoms with Crippen LogP contribution < -0.4 is 0 Å². The summed E-state index contributed by atoms with van der Waals surface area (Å²) < 4.78 is 32.4. The summed E-state index contributed by atoms with van der Waals surface area (Å²) >= 11 is 0. The van der Waals surface area contributed by atoms with Crippen molar-refractivity contribution in [1.29, 1.82) is 0 Å². The van der Waals surface area contributed by atoms with Gasteiger partial charge in [-0.25, -0.2) is 0 Å². The highest BCUT2D eigenvalue weighted by Crippen LogP contribution is 2.32. The molecular formula is C21H30NO3PS. The van der Waals surface area contributed by atoms with E-state index in [1.54, 1.807) is 24.3 Å². The smallest absolute Gasteiger partial charge is 0.287 e. The Kier molecular flexibility index (Phi) is 8.43. The van der Waals surface area contributed by atoms with Gasteiger partial charge in [-0.1, -0.05) is 65.2 Å². The van der Waals surface area contributed by atoms with Crippen molar-refractivity contribution in [3.8, 4) is 0 Å². The lowest BCUT2D eigenvalue weighted by Crippen LogP contribution is -2.25. The van der Waals surface area contributed by atoms with Crippen molar-refractivity contribution in [1.82, 2.24) is 4.67 Å². The molecule has 2 aromatic carbocycles. The fourth-order valence-electron chi connectivity index (χ4n) is 3.19. The Morgan fingerprint density at radius 3 is 2.26 bits per heavy atom. The minimum Gasteiger partial charge on any atom is -0.287 e. The number of nitrogens with zero attached hydrogens (tertiary/aromatic N) is 1. The number of benzene rings is 2. The summed E-state index contributed by atoms with van der Waals surface area (Å²) in [6.07, 6.45) is 2.15. The molecule has 0 amide bonds. The van der Waals surface area contributed by atoms with Crippen molar-refractivity contribution in [2.45, 2.75) is 51.0 Å². The summed E-state index contributed by atoms with van der Waals surface area (Å²) in [5.41, 5.74) is 3.19. The molecule has 1 unspecified atom stereocenters. The highest BCUT2D eigenvalue weighted by molar-refractivity contribution is 7.86. The van der Waals surface area contributed by atoms with E-state index in [-0.39, 0.29) is 11.5 Å². The largest absolute Gasteiger partial charge is 0.297 e. The van der Waals surface area contributed by atoms with Crippen LogP contribution in [0.25, 0.3) is 0 Å². The molecule has 1 atom stereocenters. The van der Waals surface area contributed by atoms with Crippen molar-refractivity contribution in [2.24, 2.45) is 0 Å². The number of piperidine rings is 1. The monoisotopic (exact) mass is 407 g/mol. The molecule has 1 aliphatic rings. The first kappa shape index (κ1) is 22.0. The second-order valence-corrected chi connectivity index (χ2v) is 8.88. The zero-order chi connectivity index (χ0) is 19.9. The predicted octanol–water partition coefficient (Wildman–Crippen LogP) is 4.90. The standard InChI is InChI=1S/C19H24NO3PS.C2H6/c1-15-6-8-18(9-7-15)25(21,22)23-14-17-4-2-3-5-19(17)16-10-12-20(24)13-11-16;1-2/h2-9,16H,10-14,24H2,1H3;1-2H3. The van der Waals surface area contributed by atoms with E-state index in [4.69, 9.17) is 4.18 Å². The maximum Gasteiger partial charge on any atom is 0.297 e. The maximum absolute atomic E-state index is 12.4. The van der Waals surface area contributed by atoms with Crippen LogP contribution in [0.1, 0.15) is 49.3 Å². The fourth-order valence-corrected chi connectivity index (χ4v) is 4.37. The van der Waals surface area contributed by atoms with E-state index in [0.29, 0.717) is 5.92 Å². The Morgan fingerprint density at radius 2 is 1.63 bits per heavy atom. The molecule has 1 fully saturated rings. The van der Waals surface area contributed by atoms with Crippen LogP contribution in [0, 0.1) is 6.92 Å². The minimum absolute atomic E-state index is 0.0769. The first-order valence-electron chi connectivity index (χ1n) is 9.49. The van der Waals surface area contributed by atoms with E-state index >= 15 is 0 Å². The average Bonchev–Trinajstić information content (AvgIpc) is 2.69. The quantitative estimate of drug-likeness (QED) is 0.523. The first-order chi connectivity index (χ1) is 13.0. The van der Waals surface area contributed by atoms with Crippen LogP contribution in [-0.2, 0) is 20.9 Å². The molecule has 1 saturated heterocycles. The predicted molar refractivity (Wildman–Crippen MR) is 114 cm³/mol. The topological polar surface area (TPSA) is 46.6 Å². The molecule has 27 heavy (non-hydrogen) atoms. The molecule has 2 aromatic rings. The van der Waals surface area contributed by atoms with Crippen LogP contribution in [0.3, 0.4) is 0 Å². The third kappa shape index (κ3) is 6.11. The van der Waals surface area contributed by atoms with Crippen molar-refractivity contribution in [3.05, 3.63) is 65.2 Å². The number of aryl methyl sites for hydroxylation is 1. The van der Waals surface area contributed by atoms with Crippen LogP contribution in [0.4, 0.5) is 0 Å². The van der Waals surface area contributed by atoms with Gasteiger partial charge in [-0.3, -0.25) is 8.85 Å². The molecular weight excluding hydrogens is 377 g/mol. The van der Waals surface area contributed by atoms with Crippen LogP contribution in [0.5, 0.6) is 0 Å². The number of hydrogen-bond acceptors (Lipinski definition) is 4. The van der Waals surface area contributed by atoms with Crippen LogP contribution >= 0.6 is 9.39 Å². The molecule has 0 aliphatic carbocycles. The van der Waals surface area contributed by atoms with Crippen molar-refractivity contribution >= 4 is 19.5 Å². The minimum atomic E-state index is -3.74. The van der Waals surface area contributed by atoms with Gasteiger partial charge in [0.05, 0.1) is 11.5 Å². The summed E-state index contributed by atoms with van der Waals surface area (Å²) in [5.74, 6) is 0.457. The molecule has 1 heterocycles. The first-order valence-corrected chi connectivity index (χ1v) is 11.4. The lowest BCUT2D eigenvalue weighted by molar-refractivity contribution is 0.301. The Morgan fingerprint density at radius 1 is 1.04 bits per heavy atom. The zero-order valence-corrected chi connectivity index (χ0v) is 18.4. The SMILES string of the molecule is CC.Cc1ccc(S(=O)(=O)OCc2ccccc2C2CCN(P)CC2)cc1. The highest BCUT2D eigenvalue weighted by Gasteiger charge is 2.22. The van der Waals surface area contributed by atoms with Crippen LogP contribution in [-0.4, -0.2) is 26.2 Å². The molecule has 0 saturated carbocycles. The Bertz CT molecular complexity index is 814. The lowest BCUT2D eigenvalue weighted by Gasteiger charge is -2.30. The van der Waals surface area contributed by atoms with Gasteiger partial charge in [0.25, 0.3) is 10.1 Å². The van der Waals surface area contributed by atoms with E-state index in [1.807, 2.05) is 39.0 Å². The van der Waals surface area contributed by atoms with E-state index in [1.165, 1.54) is 5.56 Å². The molecule has 0 bridgehead atoms. The normalized spacial score (nSPS) is 15.9. The molecule has 3 rings (SSSR count). The molecule has 4 nitrogen and oxygen atoms in total. The maximum atomic E-state index is 12.4. The second-order valence-electron chi connectivity index (χ2n) is 6.54. The Balaban J connectivity index is 0.00000126. The highest BCUT2D eigenvalue weighted by atomic mass is 32.2. The van der Waals surface area contributed by atoms with Gasteiger partial charge in [-0.05, 0) is 48.9 Å². The number of rotatable bonds is 5. The van der Waals surface area contributed by atoms with E-state index < -0.39 is 10.1 Å². The molecule has 0 N–H and O–H groups in total. The fraction of sp³-hybridized carbons (Fsp3) is 0.429. The van der Waals surface area contributed by atoms with Gasteiger partial charge in [0.15, 0.2) is 0 Å². The summed E-state index contributed by atoms with van der Waals surface area (Å²) in [7, 11) is -0.989. The summed E-state index contributed by atoms with van der Waals surface area (Å²) in [5, 5.41) is 0. The van der Waals surface area contributed by atoms with E-state index in [2.05, 4.69) is 20.1 Å². The van der Waals surface area contributed by atoms with Crippen molar-refractivity contribution < 1.29 is 12.6 Å². The molecule has 0 aromatic heterocycles. The van der Waals surface area contributed by atoms with Gasteiger partial charge in [-0.15, -0.1) is 0 Å².